The van der Waals surface area contributed by atoms with Crippen LogP contribution in [0.3, 0.4) is 0 Å². The van der Waals surface area contributed by atoms with E-state index < -0.39 is 10.0 Å². The lowest BCUT2D eigenvalue weighted by Gasteiger charge is -2.33. The highest BCUT2D eigenvalue weighted by molar-refractivity contribution is 7.89. The molecule has 0 bridgehead atoms. The summed E-state index contributed by atoms with van der Waals surface area (Å²) in [7, 11) is -3.64. The SMILES string of the molecule is CC(N)C1CCN(CCOc2ccc(S(N)(=O)=O)cc2)CC1.Cl. The van der Waals surface area contributed by atoms with Gasteiger partial charge in [-0.25, -0.2) is 13.6 Å². The first-order valence-electron chi connectivity index (χ1n) is 7.60. The summed E-state index contributed by atoms with van der Waals surface area (Å²) < 4.78 is 28.0. The molecule has 8 heteroatoms. The molecule has 1 unspecified atom stereocenters. The molecule has 0 radical (unpaired) electrons. The van der Waals surface area contributed by atoms with Crippen LogP contribution in [0.5, 0.6) is 5.75 Å². The summed E-state index contributed by atoms with van der Waals surface area (Å²) in [4.78, 5) is 2.47. The molecule has 1 fully saturated rings. The van der Waals surface area contributed by atoms with Crippen LogP contribution >= 0.6 is 12.4 Å². The van der Waals surface area contributed by atoms with E-state index in [2.05, 4.69) is 11.8 Å². The van der Waals surface area contributed by atoms with Gasteiger partial charge < -0.3 is 10.5 Å². The van der Waals surface area contributed by atoms with Gasteiger partial charge in [0.05, 0.1) is 4.90 Å². The van der Waals surface area contributed by atoms with Gasteiger partial charge in [-0.3, -0.25) is 4.90 Å². The van der Waals surface area contributed by atoms with Gasteiger partial charge in [-0.1, -0.05) is 0 Å². The van der Waals surface area contributed by atoms with Crippen molar-refractivity contribution in [3.63, 3.8) is 0 Å². The van der Waals surface area contributed by atoms with Crippen LogP contribution < -0.4 is 15.6 Å². The maximum absolute atomic E-state index is 11.2. The molecule has 6 nitrogen and oxygen atoms in total. The van der Waals surface area contributed by atoms with E-state index in [1.807, 2.05) is 0 Å². The number of nitrogens with zero attached hydrogens (tertiary/aromatic N) is 1. The molecular weight excluding hydrogens is 338 g/mol. The average molecular weight is 364 g/mol. The Bertz CT molecular complexity index is 570. The van der Waals surface area contributed by atoms with E-state index in [0.717, 1.165) is 32.5 Å². The molecule has 1 aromatic carbocycles. The molecule has 1 aliphatic heterocycles. The van der Waals surface area contributed by atoms with Gasteiger partial charge in [-0.2, -0.15) is 0 Å². The molecule has 1 heterocycles. The molecule has 23 heavy (non-hydrogen) atoms. The molecule has 2 rings (SSSR count). The average Bonchev–Trinajstić information content (AvgIpc) is 2.47. The number of hydrogen-bond acceptors (Lipinski definition) is 5. The number of piperidine rings is 1. The second-order valence-corrected chi connectivity index (χ2v) is 7.46. The van der Waals surface area contributed by atoms with E-state index in [-0.39, 0.29) is 23.3 Å². The molecule has 1 aliphatic rings. The smallest absolute Gasteiger partial charge is 0.238 e. The van der Waals surface area contributed by atoms with Crippen LogP contribution in [-0.2, 0) is 10.0 Å². The third-order valence-electron chi connectivity index (χ3n) is 4.20. The van der Waals surface area contributed by atoms with Crippen molar-refractivity contribution in [1.82, 2.24) is 4.90 Å². The molecule has 132 valence electrons. The van der Waals surface area contributed by atoms with Crippen molar-refractivity contribution >= 4 is 22.4 Å². The first-order chi connectivity index (χ1) is 10.4. The summed E-state index contributed by atoms with van der Waals surface area (Å²) in [5, 5.41) is 5.05. The Morgan fingerprint density at radius 3 is 2.30 bits per heavy atom. The van der Waals surface area contributed by atoms with Crippen molar-refractivity contribution in [2.45, 2.75) is 30.7 Å². The summed E-state index contributed by atoms with van der Waals surface area (Å²) >= 11 is 0. The van der Waals surface area contributed by atoms with Crippen molar-refractivity contribution in [1.29, 1.82) is 0 Å². The Morgan fingerprint density at radius 2 is 1.83 bits per heavy atom. The molecule has 0 amide bonds. The summed E-state index contributed by atoms with van der Waals surface area (Å²) in [5.74, 6) is 1.28. The number of nitrogens with two attached hydrogens (primary N) is 2. The Balaban J connectivity index is 0.00000264. The van der Waals surface area contributed by atoms with Gasteiger partial charge in [0.25, 0.3) is 0 Å². The topological polar surface area (TPSA) is 98.6 Å². The second kappa shape index (κ2) is 8.84. The number of hydrogen-bond donors (Lipinski definition) is 2. The third kappa shape index (κ3) is 6.27. The van der Waals surface area contributed by atoms with Crippen molar-refractivity contribution in [3.05, 3.63) is 24.3 Å². The first-order valence-corrected chi connectivity index (χ1v) is 9.14. The lowest BCUT2D eigenvalue weighted by Crippen LogP contribution is -2.41. The van der Waals surface area contributed by atoms with Crippen LogP contribution in [0.2, 0.25) is 0 Å². The minimum Gasteiger partial charge on any atom is -0.492 e. The van der Waals surface area contributed by atoms with Gasteiger partial charge in [0.1, 0.15) is 12.4 Å². The molecule has 1 atom stereocenters. The number of likely N-dealkylation sites (tertiary alicyclic amines) is 1. The van der Waals surface area contributed by atoms with Crippen LogP contribution in [0.15, 0.2) is 29.2 Å². The summed E-state index contributed by atoms with van der Waals surface area (Å²) in [6.07, 6.45) is 2.28. The van der Waals surface area contributed by atoms with E-state index in [1.54, 1.807) is 12.1 Å². The fourth-order valence-electron chi connectivity index (χ4n) is 2.72. The number of ether oxygens (including phenoxy) is 1. The van der Waals surface area contributed by atoms with Crippen molar-refractivity contribution in [2.24, 2.45) is 16.8 Å². The standard InChI is InChI=1S/C15H25N3O3S.ClH/c1-12(16)13-6-8-18(9-7-13)10-11-21-14-2-4-15(5-3-14)22(17,19)20;/h2-5,12-13H,6-11,16H2,1H3,(H2,17,19,20);1H. The maximum Gasteiger partial charge on any atom is 0.238 e. The number of sulfonamides is 1. The number of rotatable bonds is 6. The number of primary sulfonamides is 1. The lowest BCUT2D eigenvalue weighted by molar-refractivity contribution is 0.147. The van der Waals surface area contributed by atoms with Gasteiger partial charge in [0.2, 0.25) is 10.0 Å². The van der Waals surface area contributed by atoms with Crippen molar-refractivity contribution in [2.75, 3.05) is 26.2 Å². The van der Waals surface area contributed by atoms with Gasteiger partial charge in [-0.15, -0.1) is 12.4 Å². The Kier molecular flexibility index (Phi) is 7.76. The highest BCUT2D eigenvalue weighted by Crippen LogP contribution is 2.19. The van der Waals surface area contributed by atoms with Crippen LogP contribution in [-0.4, -0.2) is 45.6 Å². The fraction of sp³-hybridized carbons (Fsp3) is 0.600. The van der Waals surface area contributed by atoms with Crippen molar-refractivity contribution < 1.29 is 13.2 Å². The summed E-state index contributed by atoms with van der Waals surface area (Å²) in [5.41, 5.74) is 5.94. The lowest BCUT2D eigenvalue weighted by atomic mass is 9.91. The van der Waals surface area contributed by atoms with Crippen LogP contribution in [0.1, 0.15) is 19.8 Å². The summed E-state index contributed by atoms with van der Waals surface area (Å²) in [6.45, 7) is 5.63. The van der Waals surface area contributed by atoms with E-state index in [9.17, 15) is 8.42 Å². The molecule has 0 aliphatic carbocycles. The zero-order valence-electron chi connectivity index (χ0n) is 13.3. The molecule has 1 aromatic rings. The monoisotopic (exact) mass is 363 g/mol. The van der Waals surface area contributed by atoms with Gasteiger partial charge in [0, 0.05) is 12.6 Å². The van der Waals surface area contributed by atoms with Crippen LogP contribution in [0.25, 0.3) is 0 Å². The normalized spacial score (nSPS) is 18.2. The number of benzene rings is 1. The zero-order chi connectivity index (χ0) is 16.2. The first kappa shape index (κ1) is 20.2. The van der Waals surface area contributed by atoms with Crippen LogP contribution in [0, 0.1) is 5.92 Å². The minimum absolute atomic E-state index is 0. The Hall–Kier alpha value is -0.860. The van der Waals surface area contributed by atoms with Gasteiger partial charge in [0.15, 0.2) is 0 Å². The quantitative estimate of drug-likeness (QED) is 0.791. The fourth-order valence-corrected chi connectivity index (χ4v) is 3.24. The summed E-state index contributed by atoms with van der Waals surface area (Å²) in [6, 6.07) is 6.44. The van der Waals surface area contributed by atoms with Crippen molar-refractivity contribution in [3.8, 4) is 5.75 Å². The highest BCUT2D eigenvalue weighted by atomic mass is 35.5. The van der Waals surface area contributed by atoms with E-state index in [1.165, 1.54) is 12.1 Å². The van der Waals surface area contributed by atoms with Gasteiger partial charge in [-0.05, 0) is 63.0 Å². The Labute approximate surface area is 144 Å². The largest absolute Gasteiger partial charge is 0.492 e. The van der Waals surface area contributed by atoms with E-state index in [4.69, 9.17) is 15.6 Å². The minimum atomic E-state index is -3.64. The molecule has 0 spiro atoms. The predicted molar refractivity (Wildman–Crippen MR) is 93.4 cm³/mol. The van der Waals surface area contributed by atoms with Gasteiger partial charge >= 0.3 is 0 Å². The molecule has 0 saturated carbocycles. The highest BCUT2D eigenvalue weighted by Gasteiger charge is 2.21. The molecule has 0 aromatic heterocycles. The predicted octanol–water partition coefficient (Wildman–Crippen LogP) is 1.19. The molecule has 4 N–H and O–H groups in total. The maximum atomic E-state index is 11.2. The number of halogens is 1. The van der Waals surface area contributed by atoms with Crippen LogP contribution in [0.4, 0.5) is 0 Å². The van der Waals surface area contributed by atoms with E-state index >= 15 is 0 Å². The molecule has 1 saturated heterocycles. The zero-order valence-corrected chi connectivity index (χ0v) is 15.0. The van der Waals surface area contributed by atoms with E-state index in [0.29, 0.717) is 18.3 Å². The second-order valence-electron chi connectivity index (χ2n) is 5.90. The Morgan fingerprint density at radius 1 is 1.26 bits per heavy atom. The molecular formula is C15H26ClN3O3S. The third-order valence-corrected chi connectivity index (χ3v) is 5.13.